The number of fused-ring (bicyclic) bond motifs is 1. The Kier molecular flexibility index (Phi) is 4.81. The van der Waals surface area contributed by atoms with Crippen LogP contribution in [0.15, 0.2) is 35.1 Å². The van der Waals surface area contributed by atoms with Crippen molar-refractivity contribution in [1.82, 2.24) is 25.1 Å². The van der Waals surface area contributed by atoms with Crippen LogP contribution in [-0.2, 0) is 24.2 Å². The van der Waals surface area contributed by atoms with E-state index in [1.165, 1.54) is 0 Å². The molecule has 1 aliphatic rings. The van der Waals surface area contributed by atoms with E-state index in [-0.39, 0.29) is 11.5 Å². The minimum atomic E-state index is -0.111. The van der Waals surface area contributed by atoms with E-state index in [1.54, 1.807) is 4.90 Å². The highest BCUT2D eigenvalue weighted by Gasteiger charge is 2.24. The van der Waals surface area contributed by atoms with Crippen LogP contribution in [0.25, 0.3) is 11.4 Å². The van der Waals surface area contributed by atoms with Crippen LogP contribution in [0.5, 0.6) is 0 Å². The zero-order valence-corrected chi connectivity index (χ0v) is 16.1. The molecule has 2 N–H and O–H groups in total. The van der Waals surface area contributed by atoms with Crippen molar-refractivity contribution in [3.63, 3.8) is 0 Å². The molecule has 7 nitrogen and oxygen atoms in total. The lowest BCUT2D eigenvalue weighted by atomic mass is 10.0. The zero-order valence-electron chi connectivity index (χ0n) is 16.1. The van der Waals surface area contributed by atoms with Crippen LogP contribution in [-0.4, -0.2) is 37.5 Å². The zero-order chi connectivity index (χ0) is 19.7. The lowest BCUT2D eigenvalue weighted by Gasteiger charge is -2.28. The molecule has 28 heavy (non-hydrogen) atoms. The first-order valence-corrected chi connectivity index (χ1v) is 9.48. The third-order valence-electron chi connectivity index (χ3n) is 5.34. The van der Waals surface area contributed by atoms with Crippen LogP contribution in [0.3, 0.4) is 0 Å². The Hall–Kier alpha value is -3.22. The largest absolute Gasteiger partial charge is 0.336 e. The predicted molar refractivity (Wildman–Crippen MR) is 106 cm³/mol. The molecule has 1 aromatic carbocycles. The fraction of sp³-hybridized carbons (Fsp3) is 0.333. The highest BCUT2D eigenvalue weighted by Crippen LogP contribution is 2.20. The summed E-state index contributed by atoms with van der Waals surface area (Å²) in [6.45, 7) is 4.84. The monoisotopic (exact) mass is 377 g/mol. The lowest BCUT2D eigenvalue weighted by molar-refractivity contribution is -0.132. The Morgan fingerprint density at radius 2 is 2.00 bits per heavy atom. The molecule has 0 saturated carbocycles. The molecule has 0 unspecified atom stereocenters. The Morgan fingerprint density at radius 3 is 2.71 bits per heavy atom. The maximum Gasteiger partial charge on any atom is 0.254 e. The average molecular weight is 377 g/mol. The maximum absolute atomic E-state index is 12.7. The van der Waals surface area contributed by atoms with Crippen LogP contribution in [0, 0.1) is 13.8 Å². The number of amides is 1. The van der Waals surface area contributed by atoms with Crippen molar-refractivity contribution in [2.24, 2.45) is 0 Å². The van der Waals surface area contributed by atoms with E-state index in [0.29, 0.717) is 49.4 Å². The first-order valence-electron chi connectivity index (χ1n) is 9.48. The van der Waals surface area contributed by atoms with Crippen LogP contribution < -0.4 is 5.56 Å². The van der Waals surface area contributed by atoms with Gasteiger partial charge in [-0.15, -0.1) is 0 Å². The first kappa shape index (κ1) is 18.2. The fourth-order valence-corrected chi connectivity index (χ4v) is 3.72. The second-order valence-corrected chi connectivity index (χ2v) is 7.18. The van der Waals surface area contributed by atoms with Gasteiger partial charge in [-0.2, -0.15) is 5.10 Å². The number of aromatic amines is 2. The van der Waals surface area contributed by atoms with Crippen molar-refractivity contribution in [1.29, 1.82) is 0 Å². The molecule has 3 aromatic rings. The molecule has 1 amide bonds. The highest BCUT2D eigenvalue weighted by molar-refractivity contribution is 5.76. The highest BCUT2D eigenvalue weighted by atomic mass is 16.2. The number of aryl methyl sites for hydroxylation is 2. The number of aromatic nitrogens is 4. The summed E-state index contributed by atoms with van der Waals surface area (Å²) in [6.07, 6.45) is 1.61. The SMILES string of the molecule is Cc1n[nH]c(C)c1CCC(=O)N1CCc2c(nc(-c3ccccc3)[nH]c2=O)C1. The van der Waals surface area contributed by atoms with Gasteiger partial charge >= 0.3 is 0 Å². The molecule has 0 fully saturated rings. The Morgan fingerprint density at radius 1 is 1.21 bits per heavy atom. The molecular formula is C21H23N5O2. The Balaban J connectivity index is 1.51. The molecule has 4 rings (SSSR count). The molecule has 0 spiro atoms. The second kappa shape index (κ2) is 7.42. The summed E-state index contributed by atoms with van der Waals surface area (Å²) in [4.78, 5) is 34.6. The quantitative estimate of drug-likeness (QED) is 0.729. The normalized spacial score (nSPS) is 13.4. The summed E-state index contributed by atoms with van der Waals surface area (Å²) in [7, 11) is 0. The van der Waals surface area contributed by atoms with E-state index in [1.807, 2.05) is 44.2 Å². The summed E-state index contributed by atoms with van der Waals surface area (Å²) in [5, 5.41) is 7.14. The number of rotatable bonds is 4. The van der Waals surface area contributed by atoms with Crippen LogP contribution in [0.4, 0.5) is 0 Å². The molecule has 0 bridgehead atoms. The average Bonchev–Trinajstić information content (AvgIpc) is 3.04. The van der Waals surface area contributed by atoms with Crippen LogP contribution >= 0.6 is 0 Å². The van der Waals surface area contributed by atoms with E-state index >= 15 is 0 Å². The topological polar surface area (TPSA) is 94.7 Å². The Labute approximate surface area is 162 Å². The van der Waals surface area contributed by atoms with Gasteiger partial charge in [0.25, 0.3) is 5.56 Å². The summed E-state index contributed by atoms with van der Waals surface area (Å²) < 4.78 is 0. The standard InChI is InChI=1S/C21H23N5O2/c1-13-16(14(2)25-24-13)8-9-19(27)26-11-10-17-18(12-26)22-20(23-21(17)28)15-6-4-3-5-7-15/h3-7H,8-12H2,1-2H3,(H,24,25)(H,22,23,28). The summed E-state index contributed by atoms with van der Waals surface area (Å²) in [6, 6.07) is 9.55. The smallest absolute Gasteiger partial charge is 0.254 e. The van der Waals surface area contributed by atoms with E-state index in [4.69, 9.17) is 0 Å². The second-order valence-electron chi connectivity index (χ2n) is 7.18. The number of carbonyl (C=O) groups excluding carboxylic acids is 1. The van der Waals surface area contributed by atoms with Gasteiger partial charge in [0.2, 0.25) is 5.91 Å². The molecule has 0 atom stereocenters. The predicted octanol–water partition coefficient (Wildman–Crippen LogP) is 2.29. The van der Waals surface area contributed by atoms with Gasteiger partial charge in [-0.05, 0) is 32.3 Å². The number of H-pyrrole nitrogens is 2. The molecule has 3 heterocycles. The molecule has 0 saturated heterocycles. The summed E-state index contributed by atoms with van der Waals surface area (Å²) in [5.74, 6) is 0.622. The van der Waals surface area contributed by atoms with Crippen LogP contribution in [0.1, 0.15) is 34.6 Å². The Bertz CT molecular complexity index is 1050. The van der Waals surface area contributed by atoms with E-state index in [2.05, 4.69) is 20.2 Å². The number of carbonyl (C=O) groups is 1. The molecule has 1 aliphatic heterocycles. The number of nitrogens with one attached hydrogen (secondary N) is 2. The molecule has 0 radical (unpaired) electrons. The van der Waals surface area contributed by atoms with Gasteiger partial charge in [-0.3, -0.25) is 14.7 Å². The fourth-order valence-electron chi connectivity index (χ4n) is 3.72. The van der Waals surface area contributed by atoms with Crippen molar-refractivity contribution in [2.45, 2.75) is 39.7 Å². The van der Waals surface area contributed by atoms with Gasteiger partial charge in [-0.25, -0.2) is 4.98 Å². The lowest BCUT2D eigenvalue weighted by Crippen LogP contribution is -2.39. The van der Waals surface area contributed by atoms with Gasteiger partial charge in [-0.1, -0.05) is 30.3 Å². The molecule has 7 heteroatoms. The van der Waals surface area contributed by atoms with Crippen molar-refractivity contribution < 1.29 is 4.79 Å². The number of hydrogen-bond acceptors (Lipinski definition) is 4. The minimum absolute atomic E-state index is 0.0778. The van der Waals surface area contributed by atoms with Crippen molar-refractivity contribution in [2.75, 3.05) is 6.54 Å². The number of nitrogens with zero attached hydrogens (tertiary/aromatic N) is 3. The van der Waals surface area contributed by atoms with Crippen molar-refractivity contribution in [3.05, 3.63) is 68.9 Å². The molecular weight excluding hydrogens is 354 g/mol. The summed E-state index contributed by atoms with van der Waals surface area (Å²) in [5.41, 5.74) is 5.18. The number of benzene rings is 1. The van der Waals surface area contributed by atoms with Gasteiger partial charge in [0.15, 0.2) is 0 Å². The minimum Gasteiger partial charge on any atom is -0.336 e. The van der Waals surface area contributed by atoms with Gasteiger partial charge in [0.1, 0.15) is 5.82 Å². The number of hydrogen-bond donors (Lipinski definition) is 2. The molecule has 2 aromatic heterocycles. The summed E-state index contributed by atoms with van der Waals surface area (Å²) >= 11 is 0. The van der Waals surface area contributed by atoms with Gasteiger partial charge in [0.05, 0.1) is 17.9 Å². The third-order valence-corrected chi connectivity index (χ3v) is 5.34. The van der Waals surface area contributed by atoms with Crippen LogP contribution in [0.2, 0.25) is 0 Å². The molecule has 144 valence electrons. The molecule has 0 aliphatic carbocycles. The maximum atomic E-state index is 12.7. The van der Waals surface area contributed by atoms with E-state index in [0.717, 1.165) is 22.5 Å². The van der Waals surface area contributed by atoms with Crippen molar-refractivity contribution >= 4 is 5.91 Å². The van der Waals surface area contributed by atoms with Gasteiger partial charge in [0, 0.05) is 29.8 Å². The van der Waals surface area contributed by atoms with E-state index in [9.17, 15) is 9.59 Å². The van der Waals surface area contributed by atoms with Gasteiger partial charge < -0.3 is 9.88 Å². The first-order chi connectivity index (χ1) is 13.5. The van der Waals surface area contributed by atoms with Crippen molar-refractivity contribution in [3.8, 4) is 11.4 Å². The third kappa shape index (κ3) is 3.47. The van der Waals surface area contributed by atoms with E-state index < -0.39 is 0 Å².